The van der Waals surface area contributed by atoms with Gasteiger partial charge in [-0.1, -0.05) is 29.3 Å². The number of phenols is 2. The first-order chi connectivity index (χ1) is 14.2. The zero-order valence-corrected chi connectivity index (χ0v) is 16.3. The van der Waals surface area contributed by atoms with E-state index in [1.165, 1.54) is 42.5 Å². The molecule has 3 aromatic carbocycles. The van der Waals surface area contributed by atoms with Gasteiger partial charge in [0.15, 0.2) is 5.60 Å². The molecule has 0 radical (unpaired) electrons. The van der Waals surface area contributed by atoms with Gasteiger partial charge in [-0.2, -0.15) is 0 Å². The third-order valence-electron chi connectivity index (χ3n) is 5.19. The van der Waals surface area contributed by atoms with Crippen molar-refractivity contribution in [2.45, 2.75) is 5.60 Å². The molecule has 154 valence electrons. The predicted octanol–water partition coefficient (Wildman–Crippen LogP) is 3.37. The molecular weight excluding hydrogens is 481 g/mol. The second-order valence-electron chi connectivity index (χ2n) is 6.84. The molecule has 0 amide bonds. The molecule has 0 aromatic heterocycles. The number of carbonyl (C=O) groups is 2. The van der Waals surface area contributed by atoms with Crippen molar-refractivity contribution in [1.82, 2.24) is 0 Å². The van der Waals surface area contributed by atoms with E-state index in [2.05, 4.69) is 0 Å². The van der Waals surface area contributed by atoms with Crippen LogP contribution in [0.15, 0.2) is 42.5 Å². The number of aromatic carboxylic acids is 1. The van der Waals surface area contributed by atoms with Crippen LogP contribution in [-0.2, 0) is 10.3 Å². The number of ether oxygens (including phenoxy) is 2. The predicted molar refractivity (Wildman–Crippen MR) is 119 cm³/mol. The topological polar surface area (TPSA) is 113 Å². The molecule has 0 saturated heterocycles. The second kappa shape index (κ2) is 8.74. The van der Waals surface area contributed by atoms with Gasteiger partial charge in [0.2, 0.25) is 0 Å². The van der Waals surface area contributed by atoms with Gasteiger partial charge in [-0.15, -0.1) is 0 Å². The molecule has 0 aliphatic carbocycles. The molecule has 2 aliphatic rings. The number of halogens is 2. The van der Waals surface area contributed by atoms with E-state index in [9.17, 15) is 24.9 Å². The Morgan fingerprint density at radius 3 is 1.88 bits per heavy atom. The molecule has 2 heterocycles. The number of carbonyl (C=O) groups excluding carboxylic acids is 1. The average Bonchev–Trinajstić information content (AvgIpc) is 2.98. The number of phenolic OH excluding ortho intramolecular Hbond substituents is 2. The second-order valence-corrected chi connectivity index (χ2v) is 7.65. The molecule has 2 aliphatic heterocycles. The summed E-state index contributed by atoms with van der Waals surface area (Å²) < 4.78 is 11.7. The number of hydrogen-bond acceptors (Lipinski definition) is 6. The Kier molecular flexibility index (Phi) is 6.88. The van der Waals surface area contributed by atoms with Crippen molar-refractivity contribution < 1.29 is 34.4 Å². The maximum absolute atomic E-state index is 12.8. The summed E-state index contributed by atoms with van der Waals surface area (Å²) >= 11 is 12.3. The molecule has 0 bridgehead atoms. The van der Waals surface area contributed by atoms with Crippen molar-refractivity contribution in [2.75, 3.05) is 0 Å². The van der Waals surface area contributed by atoms with E-state index in [1.807, 2.05) is 0 Å². The first-order valence-corrected chi connectivity index (χ1v) is 9.33. The van der Waals surface area contributed by atoms with Gasteiger partial charge in [0.1, 0.15) is 23.0 Å². The Morgan fingerprint density at radius 1 is 0.844 bits per heavy atom. The van der Waals surface area contributed by atoms with Gasteiger partial charge >= 0.3 is 71.1 Å². The molecule has 32 heavy (non-hydrogen) atoms. The quantitative estimate of drug-likeness (QED) is 0.352. The number of esters is 1. The zero-order valence-electron chi connectivity index (χ0n) is 14.8. The molecule has 3 N–H and O–H groups in total. The van der Waals surface area contributed by atoms with Gasteiger partial charge in [-0.3, -0.25) is 0 Å². The summed E-state index contributed by atoms with van der Waals surface area (Å²) in [5, 5.41) is 29.4. The molecule has 0 saturated carbocycles. The van der Waals surface area contributed by atoms with E-state index >= 15 is 0 Å². The minimum absolute atomic E-state index is 0. The summed E-state index contributed by atoms with van der Waals surface area (Å²) in [6.45, 7) is 0. The van der Waals surface area contributed by atoms with E-state index in [0.717, 1.165) is 0 Å². The first kappa shape index (κ1) is 25.2. The number of carboxylic acids is 1. The normalized spacial score (nSPS) is 14.1. The first-order valence-electron chi connectivity index (χ1n) is 8.57. The molecular formula is C21H12Cl2Na2O7. The third kappa shape index (κ3) is 3.52. The van der Waals surface area contributed by atoms with E-state index < -0.39 is 17.5 Å². The Balaban J connectivity index is 0.00000144. The van der Waals surface area contributed by atoms with E-state index in [0.29, 0.717) is 16.7 Å². The Bertz CT molecular complexity index is 1250. The van der Waals surface area contributed by atoms with E-state index in [-0.39, 0.29) is 103 Å². The molecule has 3 aromatic rings. The molecule has 1 spiro atoms. The Labute approximate surface area is 235 Å². The maximum atomic E-state index is 12.8. The number of fused-ring (bicyclic) bond motifs is 6. The van der Waals surface area contributed by atoms with Crippen LogP contribution in [-0.4, -0.2) is 86.4 Å². The third-order valence-corrected chi connectivity index (χ3v) is 5.79. The van der Waals surface area contributed by atoms with Crippen molar-refractivity contribution in [3.8, 4) is 23.0 Å². The average molecular weight is 493 g/mol. The Morgan fingerprint density at radius 2 is 1.38 bits per heavy atom. The van der Waals surface area contributed by atoms with Gasteiger partial charge in [0, 0.05) is 28.8 Å². The van der Waals surface area contributed by atoms with E-state index in [4.69, 9.17) is 32.7 Å². The fraction of sp³-hybridized carbons (Fsp3) is 0.0476. The fourth-order valence-electron chi connectivity index (χ4n) is 3.87. The number of carboxylic acid groups (broad SMARTS) is 1. The van der Waals surface area contributed by atoms with Gasteiger partial charge in [0.05, 0.1) is 21.2 Å². The molecule has 0 fully saturated rings. The monoisotopic (exact) mass is 492 g/mol. The van der Waals surface area contributed by atoms with Crippen LogP contribution in [0.4, 0.5) is 0 Å². The molecule has 11 heteroatoms. The van der Waals surface area contributed by atoms with Crippen LogP contribution < -0.4 is 4.74 Å². The number of rotatable bonds is 1. The summed E-state index contributed by atoms with van der Waals surface area (Å²) in [7, 11) is 0. The standard InChI is InChI=1S/C21H10Cl2O7.2Na.2H/c22-13-4-11-17(6-15(13)24)29-18-7-16(25)14(23)5-12(18)21(11)10-2-1-8(19(26)27)3-9(10)20(28)30-21;;;;/h1-7,24-25H,(H,26,27);;;;. The van der Waals surface area contributed by atoms with Crippen molar-refractivity contribution in [1.29, 1.82) is 0 Å². The summed E-state index contributed by atoms with van der Waals surface area (Å²) in [6.07, 6.45) is 0. The van der Waals surface area contributed by atoms with Crippen LogP contribution in [0, 0.1) is 0 Å². The van der Waals surface area contributed by atoms with Crippen molar-refractivity contribution in [3.05, 3.63) is 80.3 Å². The van der Waals surface area contributed by atoms with Gasteiger partial charge < -0.3 is 24.8 Å². The number of benzene rings is 3. The number of hydrogen-bond donors (Lipinski definition) is 3. The fourth-order valence-corrected chi connectivity index (χ4v) is 4.20. The molecule has 0 unspecified atom stereocenters. The minimum atomic E-state index is -1.57. The Hall–Kier alpha value is -1.42. The van der Waals surface area contributed by atoms with Crippen LogP contribution in [0.25, 0.3) is 0 Å². The summed E-state index contributed by atoms with van der Waals surface area (Å²) in [5.41, 5.74) is -0.609. The van der Waals surface area contributed by atoms with Crippen LogP contribution in [0.2, 0.25) is 10.0 Å². The van der Waals surface area contributed by atoms with Crippen LogP contribution in [0.3, 0.4) is 0 Å². The molecule has 5 rings (SSSR count). The van der Waals surface area contributed by atoms with Crippen LogP contribution >= 0.6 is 23.2 Å². The molecule has 7 nitrogen and oxygen atoms in total. The van der Waals surface area contributed by atoms with Crippen LogP contribution in [0.1, 0.15) is 37.4 Å². The number of aromatic hydroxyl groups is 2. The molecule has 0 atom stereocenters. The van der Waals surface area contributed by atoms with Crippen LogP contribution in [0.5, 0.6) is 23.0 Å². The summed E-state index contributed by atoms with van der Waals surface area (Å²) in [4.78, 5) is 24.2. The summed E-state index contributed by atoms with van der Waals surface area (Å²) in [5.74, 6) is -2.15. The van der Waals surface area contributed by atoms with Crippen molar-refractivity contribution in [3.63, 3.8) is 0 Å². The van der Waals surface area contributed by atoms with Crippen molar-refractivity contribution in [2.24, 2.45) is 0 Å². The van der Waals surface area contributed by atoms with Gasteiger partial charge in [0.25, 0.3) is 0 Å². The van der Waals surface area contributed by atoms with Gasteiger partial charge in [-0.25, -0.2) is 9.59 Å². The van der Waals surface area contributed by atoms with Crippen molar-refractivity contribution >= 4 is 94.3 Å². The summed E-state index contributed by atoms with van der Waals surface area (Å²) in [6, 6.07) is 9.41. The van der Waals surface area contributed by atoms with Gasteiger partial charge in [-0.05, 0) is 24.3 Å². The van der Waals surface area contributed by atoms with E-state index in [1.54, 1.807) is 0 Å². The zero-order chi connectivity index (χ0) is 21.4. The SMILES string of the molecule is O=C(O)c1ccc2c(c1)C(=O)OC21c2cc(Cl)c(O)cc2Oc2cc(O)c(Cl)cc21.[NaH].[NaH].